The van der Waals surface area contributed by atoms with Gasteiger partial charge in [0.15, 0.2) is 5.71 Å². The first kappa shape index (κ1) is 17.6. The van der Waals surface area contributed by atoms with Gasteiger partial charge in [-0.25, -0.2) is 0 Å². The van der Waals surface area contributed by atoms with Gasteiger partial charge in [0.1, 0.15) is 25.5 Å². The zero-order valence-electron chi connectivity index (χ0n) is 14.5. The van der Waals surface area contributed by atoms with E-state index in [-0.39, 0.29) is 11.1 Å². The topological polar surface area (TPSA) is 54.6 Å². The van der Waals surface area contributed by atoms with E-state index in [4.69, 9.17) is 9.57 Å². The van der Waals surface area contributed by atoms with Gasteiger partial charge in [0.05, 0.1) is 0 Å². The molecule has 4 nitrogen and oxygen atoms in total. The van der Waals surface area contributed by atoms with E-state index in [1.165, 1.54) is 7.11 Å². The Balaban J connectivity index is 2.29. The maximum absolute atomic E-state index is 9.27. The molecule has 0 aliphatic heterocycles. The van der Waals surface area contributed by atoms with Gasteiger partial charge in [-0.3, -0.25) is 0 Å². The quantitative estimate of drug-likeness (QED) is 0.604. The predicted octanol–water partition coefficient (Wildman–Crippen LogP) is 4.44. The summed E-state index contributed by atoms with van der Waals surface area (Å²) in [4.78, 5) is 4.76. The fourth-order valence-corrected chi connectivity index (χ4v) is 2.47. The molecule has 0 spiro atoms. The fourth-order valence-electron chi connectivity index (χ4n) is 2.47. The molecule has 0 saturated carbocycles. The van der Waals surface area contributed by atoms with Crippen molar-refractivity contribution < 1.29 is 9.57 Å². The van der Waals surface area contributed by atoms with Gasteiger partial charge >= 0.3 is 0 Å². The third-order valence-corrected chi connectivity index (χ3v) is 3.64. The van der Waals surface area contributed by atoms with Crippen molar-refractivity contribution in [2.75, 3.05) is 7.11 Å². The Morgan fingerprint density at radius 3 is 2.42 bits per heavy atom. The standard InChI is InChI=1S/C20H22N2O2/c1-20(2,3)17-11-7-8-12-19(17)24-14-15-9-5-6-10-16(15)18(13-21)22-23-4/h5-12H,14H2,1-4H3. The van der Waals surface area contributed by atoms with Crippen molar-refractivity contribution in [2.24, 2.45) is 5.16 Å². The Hall–Kier alpha value is -2.80. The zero-order chi connectivity index (χ0) is 17.6. The van der Waals surface area contributed by atoms with Gasteiger partial charge in [-0.05, 0) is 22.6 Å². The smallest absolute Gasteiger partial charge is 0.187 e. The molecule has 0 bridgehead atoms. The first-order valence-corrected chi connectivity index (χ1v) is 7.79. The molecule has 24 heavy (non-hydrogen) atoms. The minimum Gasteiger partial charge on any atom is -0.489 e. The van der Waals surface area contributed by atoms with Crippen LogP contribution >= 0.6 is 0 Å². The Bertz CT molecular complexity index is 768. The summed E-state index contributed by atoms with van der Waals surface area (Å²) >= 11 is 0. The third-order valence-electron chi connectivity index (χ3n) is 3.64. The largest absolute Gasteiger partial charge is 0.489 e. The Morgan fingerprint density at radius 2 is 1.75 bits per heavy atom. The summed E-state index contributed by atoms with van der Waals surface area (Å²) in [6.45, 7) is 6.82. The molecule has 0 aliphatic carbocycles. The van der Waals surface area contributed by atoms with E-state index in [0.29, 0.717) is 6.61 Å². The summed E-state index contributed by atoms with van der Waals surface area (Å²) in [5, 5.41) is 13.1. The minimum absolute atomic E-state index is 0.00850. The molecule has 0 amide bonds. The Morgan fingerprint density at radius 1 is 1.08 bits per heavy atom. The van der Waals surface area contributed by atoms with Crippen LogP contribution in [0, 0.1) is 11.3 Å². The molecule has 124 valence electrons. The van der Waals surface area contributed by atoms with Crippen LogP contribution in [-0.4, -0.2) is 12.8 Å². The van der Waals surface area contributed by atoms with Crippen molar-refractivity contribution in [1.82, 2.24) is 0 Å². The second-order valence-electron chi connectivity index (χ2n) is 6.43. The SMILES string of the molecule is CON=C(C#N)c1ccccc1COc1ccccc1C(C)(C)C. The van der Waals surface area contributed by atoms with Crippen LogP contribution in [0.1, 0.15) is 37.5 Å². The van der Waals surface area contributed by atoms with Crippen LogP contribution in [0.4, 0.5) is 0 Å². The predicted molar refractivity (Wildman–Crippen MR) is 95.1 cm³/mol. The molecule has 0 aliphatic rings. The van der Waals surface area contributed by atoms with Gasteiger partial charge in [0.2, 0.25) is 0 Å². The van der Waals surface area contributed by atoms with Crippen LogP contribution < -0.4 is 4.74 Å². The third kappa shape index (κ3) is 4.14. The molecule has 0 heterocycles. The van der Waals surface area contributed by atoms with Crippen LogP contribution in [0.2, 0.25) is 0 Å². The number of hydrogen-bond donors (Lipinski definition) is 0. The summed E-state index contributed by atoms with van der Waals surface area (Å²) in [5.41, 5.74) is 2.98. The van der Waals surface area contributed by atoms with E-state index < -0.39 is 0 Å². The van der Waals surface area contributed by atoms with Crippen molar-refractivity contribution in [3.8, 4) is 11.8 Å². The zero-order valence-corrected chi connectivity index (χ0v) is 14.5. The number of oxime groups is 1. The number of nitrogens with zero attached hydrogens (tertiary/aromatic N) is 2. The van der Waals surface area contributed by atoms with E-state index in [1.54, 1.807) is 0 Å². The number of ether oxygens (including phenoxy) is 1. The van der Waals surface area contributed by atoms with E-state index >= 15 is 0 Å². The maximum atomic E-state index is 9.27. The average molecular weight is 322 g/mol. The lowest BCUT2D eigenvalue weighted by atomic mass is 9.86. The first-order chi connectivity index (χ1) is 11.5. The number of nitriles is 1. The maximum Gasteiger partial charge on any atom is 0.187 e. The number of hydrogen-bond acceptors (Lipinski definition) is 4. The molecule has 4 heteroatoms. The lowest BCUT2D eigenvalue weighted by molar-refractivity contribution is 0.214. The van der Waals surface area contributed by atoms with Gasteiger partial charge in [-0.2, -0.15) is 5.26 Å². The molecule has 0 radical (unpaired) electrons. The highest BCUT2D eigenvalue weighted by atomic mass is 16.6. The highest BCUT2D eigenvalue weighted by molar-refractivity contribution is 6.12. The number of rotatable bonds is 5. The fraction of sp³-hybridized carbons (Fsp3) is 0.300. The summed E-state index contributed by atoms with van der Waals surface area (Å²) in [6, 6.07) is 17.6. The van der Waals surface area contributed by atoms with Crippen LogP contribution in [0.15, 0.2) is 53.7 Å². The molecule has 0 aromatic heterocycles. The van der Waals surface area contributed by atoms with Gasteiger partial charge in [0, 0.05) is 5.56 Å². The van der Waals surface area contributed by atoms with Gasteiger partial charge in [0.25, 0.3) is 0 Å². The normalized spacial score (nSPS) is 11.7. The second kappa shape index (κ2) is 7.65. The summed E-state index contributed by atoms with van der Waals surface area (Å²) in [7, 11) is 1.43. The molecular formula is C20H22N2O2. The molecule has 0 atom stereocenters. The lowest BCUT2D eigenvalue weighted by Crippen LogP contribution is -2.14. The molecule has 0 unspecified atom stereocenters. The highest BCUT2D eigenvalue weighted by Gasteiger charge is 2.19. The number of benzene rings is 2. The van der Waals surface area contributed by atoms with Gasteiger partial charge in [-0.1, -0.05) is 68.4 Å². The van der Waals surface area contributed by atoms with Crippen molar-refractivity contribution >= 4 is 5.71 Å². The van der Waals surface area contributed by atoms with Gasteiger partial charge < -0.3 is 9.57 Å². The van der Waals surface area contributed by atoms with Crippen molar-refractivity contribution in [3.05, 3.63) is 65.2 Å². The molecule has 2 aromatic carbocycles. The minimum atomic E-state index is -0.00850. The lowest BCUT2D eigenvalue weighted by Gasteiger charge is -2.23. The molecule has 0 N–H and O–H groups in total. The van der Waals surface area contributed by atoms with Crippen molar-refractivity contribution in [3.63, 3.8) is 0 Å². The Labute approximate surface area is 143 Å². The van der Waals surface area contributed by atoms with E-state index in [0.717, 1.165) is 22.4 Å². The number of para-hydroxylation sites is 1. The van der Waals surface area contributed by atoms with Crippen LogP contribution in [0.5, 0.6) is 5.75 Å². The van der Waals surface area contributed by atoms with Gasteiger partial charge in [-0.15, -0.1) is 0 Å². The van der Waals surface area contributed by atoms with Crippen molar-refractivity contribution in [2.45, 2.75) is 32.8 Å². The van der Waals surface area contributed by atoms with E-state index in [1.807, 2.05) is 42.5 Å². The monoisotopic (exact) mass is 322 g/mol. The van der Waals surface area contributed by atoms with Crippen molar-refractivity contribution in [1.29, 1.82) is 5.26 Å². The molecule has 0 fully saturated rings. The molecule has 2 aromatic rings. The van der Waals surface area contributed by atoms with E-state index in [2.05, 4.69) is 38.1 Å². The summed E-state index contributed by atoms with van der Waals surface area (Å²) < 4.78 is 6.06. The van der Waals surface area contributed by atoms with E-state index in [9.17, 15) is 5.26 Å². The summed E-state index contributed by atoms with van der Waals surface area (Å²) in [6.07, 6.45) is 0. The second-order valence-corrected chi connectivity index (χ2v) is 6.43. The first-order valence-electron chi connectivity index (χ1n) is 7.79. The highest BCUT2D eigenvalue weighted by Crippen LogP contribution is 2.31. The van der Waals surface area contributed by atoms with Crippen LogP contribution in [-0.2, 0) is 16.9 Å². The Kier molecular flexibility index (Phi) is 5.59. The van der Waals surface area contributed by atoms with Crippen LogP contribution in [0.3, 0.4) is 0 Å². The summed E-state index contributed by atoms with van der Waals surface area (Å²) in [5.74, 6) is 0.849. The average Bonchev–Trinajstić information content (AvgIpc) is 2.57. The van der Waals surface area contributed by atoms with Crippen LogP contribution in [0.25, 0.3) is 0 Å². The molecule has 2 rings (SSSR count). The molecular weight excluding hydrogens is 300 g/mol. The molecule has 0 saturated heterocycles.